The van der Waals surface area contributed by atoms with Gasteiger partial charge in [0.1, 0.15) is 9.79 Å². The molecule has 2 aromatic carbocycles. The van der Waals surface area contributed by atoms with Crippen LogP contribution in [0.25, 0.3) is 11.0 Å². The maximum atomic E-state index is 12.5. The molecule has 0 bridgehead atoms. The standard InChI is InChI=1S/C18H13ClN2O3S3/c19-13-7-8-14(21-27(22,23)18-6-3-9-25-18)15(11-13)20-26-17-10-12-4-1-2-5-16(12)24-17/h1-11,20-21H. The lowest BCUT2D eigenvalue weighted by atomic mass is 10.3. The molecule has 138 valence electrons. The van der Waals surface area contributed by atoms with E-state index in [1.807, 2.05) is 30.3 Å². The van der Waals surface area contributed by atoms with Crippen molar-refractivity contribution in [2.45, 2.75) is 9.30 Å². The highest BCUT2D eigenvalue weighted by atomic mass is 35.5. The summed E-state index contributed by atoms with van der Waals surface area (Å²) in [6, 6.07) is 17.8. The van der Waals surface area contributed by atoms with Crippen molar-refractivity contribution in [2.24, 2.45) is 0 Å². The van der Waals surface area contributed by atoms with E-state index < -0.39 is 10.0 Å². The van der Waals surface area contributed by atoms with E-state index in [0.29, 0.717) is 21.5 Å². The topological polar surface area (TPSA) is 71.3 Å². The first-order valence-electron chi connectivity index (χ1n) is 7.78. The Kier molecular flexibility index (Phi) is 5.05. The lowest BCUT2D eigenvalue weighted by molar-refractivity contribution is 0.515. The second-order valence-electron chi connectivity index (χ2n) is 5.53. The summed E-state index contributed by atoms with van der Waals surface area (Å²) in [5.74, 6) is 0. The number of hydrogen-bond donors (Lipinski definition) is 2. The van der Waals surface area contributed by atoms with Crippen LogP contribution in [-0.2, 0) is 10.0 Å². The summed E-state index contributed by atoms with van der Waals surface area (Å²) >= 11 is 8.48. The fourth-order valence-electron chi connectivity index (χ4n) is 2.41. The smallest absolute Gasteiger partial charge is 0.271 e. The van der Waals surface area contributed by atoms with Crippen molar-refractivity contribution < 1.29 is 12.8 Å². The molecule has 2 heterocycles. The number of nitrogens with one attached hydrogen (secondary N) is 2. The minimum absolute atomic E-state index is 0.244. The van der Waals surface area contributed by atoms with E-state index in [-0.39, 0.29) is 4.21 Å². The van der Waals surface area contributed by atoms with Gasteiger partial charge in [0.25, 0.3) is 10.0 Å². The van der Waals surface area contributed by atoms with Crippen molar-refractivity contribution in [1.82, 2.24) is 0 Å². The van der Waals surface area contributed by atoms with Crippen LogP contribution in [0.15, 0.2) is 79.8 Å². The molecule has 0 unspecified atom stereocenters. The van der Waals surface area contributed by atoms with Crippen molar-refractivity contribution in [2.75, 3.05) is 9.44 Å². The van der Waals surface area contributed by atoms with Gasteiger partial charge in [0.05, 0.1) is 11.4 Å². The highest BCUT2D eigenvalue weighted by Gasteiger charge is 2.17. The third-order valence-electron chi connectivity index (χ3n) is 3.65. The van der Waals surface area contributed by atoms with Gasteiger partial charge in [-0.25, -0.2) is 8.42 Å². The Morgan fingerprint density at radius 1 is 1.00 bits per heavy atom. The van der Waals surface area contributed by atoms with Gasteiger partial charge in [0.15, 0.2) is 5.09 Å². The molecule has 9 heteroatoms. The van der Waals surface area contributed by atoms with Crippen LogP contribution < -0.4 is 9.44 Å². The van der Waals surface area contributed by atoms with Crippen molar-refractivity contribution in [3.05, 3.63) is 71.1 Å². The Labute approximate surface area is 169 Å². The second-order valence-corrected chi connectivity index (χ2v) is 9.64. The molecule has 0 aliphatic carbocycles. The number of sulfonamides is 1. The number of rotatable bonds is 6. The van der Waals surface area contributed by atoms with Gasteiger partial charge < -0.3 is 9.14 Å². The molecule has 0 fully saturated rings. The van der Waals surface area contributed by atoms with E-state index in [4.69, 9.17) is 16.0 Å². The molecule has 4 aromatic rings. The molecular formula is C18H13ClN2O3S3. The van der Waals surface area contributed by atoms with Crippen LogP contribution in [-0.4, -0.2) is 8.42 Å². The quantitative estimate of drug-likeness (QED) is 0.359. The molecule has 27 heavy (non-hydrogen) atoms. The highest BCUT2D eigenvalue weighted by Crippen LogP contribution is 2.34. The molecule has 0 amide bonds. The normalized spacial score (nSPS) is 11.6. The summed E-state index contributed by atoms with van der Waals surface area (Å²) in [7, 11) is -3.66. The van der Waals surface area contributed by atoms with Gasteiger partial charge in [-0.2, -0.15) is 0 Å². The van der Waals surface area contributed by atoms with Crippen molar-refractivity contribution in [1.29, 1.82) is 0 Å². The fourth-order valence-corrected chi connectivity index (χ4v) is 5.36. The number of anilines is 2. The monoisotopic (exact) mass is 436 g/mol. The van der Waals surface area contributed by atoms with E-state index in [1.165, 1.54) is 11.9 Å². The van der Waals surface area contributed by atoms with Crippen LogP contribution in [0.2, 0.25) is 5.02 Å². The highest BCUT2D eigenvalue weighted by molar-refractivity contribution is 8.00. The van der Waals surface area contributed by atoms with Crippen molar-refractivity contribution in [3.8, 4) is 0 Å². The summed E-state index contributed by atoms with van der Waals surface area (Å²) in [6.07, 6.45) is 0. The van der Waals surface area contributed by atoms with Crippen LogP contribution in [0.3, 0.4) is 0 Å². The van der Waals surface area contributed by atoms with Crippen molar-refractivity contribution >= 4 is 67.3 Å². The van der Waals surface area contributed by atoms with Gasteiger partial charge in [0.2, 0.25) is 0 Å². The molecule has 2 N–H and O–H groups in total. The molecule has 0 atom stereocenters. The number of thiophene rings is 1. The summed E-state index contributed by atoms with van der Waals surface area (Å²) < 4.78 is 36.7. The SMILES string of the molecule is O=S(=O)(Nc1ccc(Cl)cc1NSc1cc2ccccc2o1)c1cccs1. The molecular weight excluding hydrogens is 424 g/mol. The van der Waals surface area contributed by atoms with Crippen molar-refractivity contribution in [3.63, 3.8) is 0 Å². The van der Waals surface area contributed by atoms with E-state index in [9.17, 15) is 8.42 Å². The van der Waals surface area contributed by atoms with Gasteiger partial charge >= 0.3 is 0 Å². The zero-order valence-corrected chi connectivity index (χ0v) is 16.9. The zero-order chi connectivity index (χ0) is 18.9. The van der Waals surface area contributed by atoms with Crippen LogP contribution in [0.1, 0.15) is 0 Å². The van der Waals surface area contributed by atoms with Crippen LogP contribution in [0.5, 0.6) is 0 Å². The van der Waals surface area contributed by atoms with E-state index in [0.717, 1.165) is 22.3 Å². The number of furan rings is 1. The minimum Gasteiger partial charge on any atom is -0.448 e. The third kappa shape index (κ3) is 4.08. The Bertz CT molecular complexity index is 1150. The molecule has 2 aromatic heterocycles. The van der Waals surface area contributed by atoms with Crippen LogP contribution >= 0.6 is 34.9 Å². The van der Waals surface area contributed by atoms with Gasteiger partial charge in [-0.3, -0.25) is 4.72 Å². The lowest BCUT2D eigenvalue weighted by Crippen LogP contribution is -2.12. The molecule has 0 saturated heterocycles. The van der Waals surface area contributed by atoms with Gasteiger partial charge in [0, 0.05) is 28.4 Å². The molecule has 0 aliphatic rings. The average Bonchev–Trinajstić information content (AvgIpc) is 3.31. The zero-order valence-electron chi connectivity index (χ0n) is 13.7. The van der Waals surface area contributed by atoms with Crippen LogP contribution in [0, 0.1) is 0 Å². The maximum Gasteiger partial charge on any atom is 0.271 e. The first kappa shape index (κ1) is 18.2. The first-order chi connectivity index (χ1) is 13.0. The number of hydrogen-bond acceptors (Lipinski definition) is 6. The predicted octanol–water partition coefficient (Wildman–Crippen LogP) is 6.07. The van der Waals surface area contributed by atoms with E-state index in [1.54, 1.807) is 35.7 Å². The van der Waals surface area contributed by atoms with E-state index >= 15 is 0 Å². The molecule has 0 saturated carbocycles. The van der Waals surface area contributed by atoms with Gasteiger partial charge in [-0.05, 0) is 35.7 Å². The number of para-hydroxylation sites is 1. The Morgan fingerprint density at radius 3 is 2.63 bits per heavy atom. The molecule has 0 radical (unpaired) electrons. The Hall–Kier alpha value is -2.13. The number of fused-ring (bicyclic) bond motifs is 1. The van der Waals surface area contributed by atoms with Gasteiger partial charge in [-0.1, -0.05) is 35.9 Å². The van der Waals surface area contributed by atoms with E-state index in [2.05, 4.69) is 9.44 Å². The third-order valence-corrected chi connectivity index (χ3v) is 7.37. The lowest BCUT2D eigenvalue weighted by Gasteiger charge is -2.13. The summed E-state index contributed by atoms with van der Waals surface area (Å²) in [5.41, 5.74) is 1.72. The molecule has 5 nitrogen and oxygen atoms in total. The number of halogens is 1. The summed E-state index contributed by atoms with van der Waals surface area (Å²) in [6.45, 7) is 0. The Balaban J connectivity index is 1.58. The van der Waals surface area contributed by atoms with Crippen LogP contribution in [0.4, 0.5) is 11.4 Å². The second kappa shape index (κ2) is 7.47. The molecule has 0 spiro atoms. The fraction of sp³-hybridized carbons (Fsp3) is 0. The summed E-state index contributed by atoms with van der Waals surface area (Å²) in [5, 5.41) is 3.85. The predicted molar refractivity (Wildman–Crippen MR) is 112 cm³/mol. The Morgan fingerprint density at radius 2 is 1.85 bits per heavy atom. The number of benzene rings is 2. The minimum atomic E-state index is -3.66. The van der Waals surface area contributed by atoms with Gasteiger partial charge in [-0.15, -0.1) is 11.3 Å². The molecule has 4 rings (SSSR count). The largest absolute Gasteiger partial charge is 0.448 e. The first-order valence-corrected chi connectivity index (χ1v) is 11.3. The summed E-state index contributed by atoms with van der Waals surface area (Å²) in [4.78, 5) is 0. The maximum absolute atomic E-state index is 12.5. The molecule has 0 aliphatic heterocycles. The average molecular weight is 437 g/mol.